The average Bonchev–Trinajstić information content (AvgIpc) is 2.18. The van der Waals surface area contributed by atoms with Crippen LogP contribution in [0.4, 0.5) is 5.82 Å². The maximum atomic E-state index is 9.19. The third-order valence-corrected chi connectivity index (χ3v) is 2.48. The van der Waals surface area contributed by atoms with Crippen molar-refractivity contribution in [3.05, 3.63) is 23.4 Å². The summed E-state index contributed by atoms with van der Waals surface area (Å²) < 4.78 is 0. The van der Waals surface area contributed by atoms with Gasteiger partial charge in [0.15, 0.2) is 0 Å². The Kier molecular flexibility index (Phi) is 3.72. The van der Waals surface area contributed by atoms with Crippen LogP contribution in [0, 0.1) is 0 Å². The fourth-order valence-corrected chi connectivity index (χ4v) is 1.19. The van der Waals surface area contributed by atoms with Crippen LogP contribution < -0.4 is 5.32 Å². The summed E-state index contributed by atoms with van der Waals surface area (Å²) in [6, 6.07) is 5.37. The molecule has 0 bridgehead atoms. The maximum absolute atomic E-state index is 9.19. The van der Waals surface area contributed by atoms with Gasteiger partial charge in [-0.2, -0.15) is 0 Å². The smallest absolute Gasteiger partial charge is 0.131 e. The first-order chi connectivity index (χ1) is 6.59. The molecule has 0 saturated carbocycles. The van der Waals surface area contributed by atoms with Gasteiger partial charge in [0.2, 0.25) is 0 Å². The van der Waals surface area contributed by atoms with Crippen LogP contribution >= 0.6 is 11.6 Å². The van der Waals surface area contributed by atoms with E-state index in [2.05, 4.69) is 10.3 Å². The molecule has 0 aliphatic carbocycles. The molecule has 0 fully saturated rings. The number of nitrogens with one attached hydrogen (secondary N) is 1. The molecule has 14 heavy (non-hydrogen) atoms. The van der Waals surface area contributed by atoms with E-state index in [1.165, 1.54) is 0 Å². The van der Waals surface area contributed by atoms with Crippen LogP contribution in [0.1, 0.15) is 20.3 Å². The summed E-state index contributed by atoms with van der Waals surface area (Å²) >= 11 is 5.75. The zero-order chi connectivity index (χ0) is 10.6. The summed E-state index contributed by atoms with van der Waals surface area (Å²) in [7, 11) is 0. The molecule has 1 aromatic heterocycles. The van der Waals surface area contributed by atoms with Crippen molar-refractivity contribution in [2.75, 3.05) is 11.9 Å². The van der Waals surface area contributed by atoms with E-state index >= 15 is 0 Å². The molecule has 0 aromatic carbocycles. The van der Waals surface area contributed by atoms with Gasteiger partial charge in [-0.3, -0.25) is 0 Å². The van der Waals surface area contributed by atoms with Crippen molar-refractivity contribution in [2.45, 2.75) is 25.8 Å². The largest absolute Gasteiger partial charge is 0.394 e. The van der Waals surface area contributed by atoms with E-state index in [1.807, 2.05) is 26.0 Å². The predicted molar refractivity (Wildman–Crippen MR) is 58.7 cm³/mol. The molecular formula is C10H15ClN2O. The molecule has 1 rings (SSSR count). The van der Waals surface area contributed by atoms with E-state index in [0.29, 0.717) is 11.0 Å². The Balaban J connectivity index is 2.77. The number of hydrogen-bond acceptors (Lipinski definition) is 3. The SMILES string of the molecule is CCC(C)(CO)Nc1cccc(Cl)n1. The number of anilines is 1. The monoisotopic (exact) mass is 214 g/mol. The minimum absolute atomic E-state index is 0.0672. The highest BCUT2D eigenvalue weighted by Crippen LogP contribution is 2.17. The highest BCUT2D eigenvalue weighted by Gasteiger charge is 2.20. The van der Waals surface area contributed by atoms with E-state index in [-0.39, 0.29) is 12.1 Å². The van der Waals surface area contributed by atoms with E-state index in [1.54, 1.807) is 6.07 Å². The van der Waals surface area contributed by atoms with Crippen LogP contribution in [-0.2, 0) is 0 Å². The minimum atomic E-state index is -0.336. The molecule has 0 saturated heterocycles. The van der Waals surface area contributed by atoms with Crippen molar-refractivity contribution in [1.82, 2.24) is 4.98 Å². The van der Waals surface area contributed by atoms with Gasteiger partial charge in [-0.25, -0.2) is 4.98 Å². The molecule has 0 radical (unpaired) electrons. The van der Waals surface area contributed by atoms with E-state index < -0.39 is 0 Å². The number of pyridine rings is 1. The second-order valence-corrected chi connectivity index (χ2v) is 3.93. The van der Waals surface area contributed by atoms with Crippen LogP contribution in [0.5, 0.6) is 0 Å². The van der Waals surface area contributed by atoms with Gasteiger partial charge >= 0.3 is 0 Å². The quantitative estimate of drug-likeness (QED) is 0.757. The fourth-order valence-electron chi connectivity index (χ4n) is 1.03. The zero-order valence-corrected chi connectivity index (χ0v) is 9.17. The highest BCUT2D eigenvalue weighted by atomic mass is 35.5. The zero-order valence-electron chi connectivity index (χ0n) is 8.42. The molecular weight excluding hydrogens is 200 g/mol. The Hall–Kier alpha value is -0.800. The van der Waals surface area contributed by atoms with Gasteiger partial charge in [-0.15, -0.1) is 0 Å². The Bertz CT molecular complexity index is 300. The van der Waals surface area contributed by atoms with Crippen molar-refractivity contribution >= 4 is 17.4 Å². The third-order valence-electron chi connectivity index (χ3n) is 2.27. The van der Waals surface area contributed by atoms with Crippen LogP contribution in [-0.4, -0.2) is 22.2 Å². The van der Waals surface area contributed by atoms with Gasteiger partial charge in [0, 0.05) is 0 Å². The standard InChI is InChI=1S/C10H15ClN2O/c1-3-10(2,7-14)13-9-6-4-5-8(11)12-9/h4-6,14H,3,7H2,1-2H3,(H,12,13). The number of rotatable bonds is 4. The Morgan fingerprint density at radius 2 is 2.29 bits per heavy atom. The fraction of sp³-hybridized carbons (Fsp3) is 0.500. The van der Waals surface area contributed by atoms with Gasteiger partial charge in [0.25, 0.3) is 0 Å². The van der Waals surface area contributed by atoms with Crippen molar-refractivity contribution < 1.29 is 5.11 Å². The van der Waals surface area contributed by atoms with E-state index in [9.17, 15) is 5.11 Å². The number of aromatic nitrogens is 1. The van der Waals surface area contributed by atoms with Crippen LogP contribution in [0.2, 0.25) is 5.15 Å². The Morgan fingerprint density at radius 3 is 2.79 bits per heavy atom. The molecule has 0 amide bonds. The number of aliphatic hydroxyl groups is 1. The van der Waals surface area contributed by atoms with Crippen LogP contribution in [0.15, 0.2) is 18.2 Å². The van der Waals surface area contributed by atoms with Gasteiger partial charge in [-0.1, -0.05) is 24.6 Å². The summed E-state index contributed by atoms with van der Waals surface area (Å²) in [5, 5.41) is 12.8. The van der Waals surface area contributed by atoms with Gasteiger partial charge in [0.05, 0.1) is 12.1 Å². The van der Waals surface area contributed by atoms with Crippen molar-refractivity contribution in [1.29, 1.82) is 0 Å². The van der Waals surface area contributed by atoms with E-state index in [4.69, 9.17) is 11.6 Å². The molecule has 0 aliphatic rings. The number of nitrogens with zero attached hydrogens (tertiary/aromatic N) is 1. The summed E-state index contributed by atoms with van der Waals surface area (Å²) in [5.41, 5.74) is -0.336. The number of aliphatic hydroxyl groups excluding tert-OH is 1. The first-order valence-corrected chi connectivity index (χ1v) is 4.99. The lowest BCUT2D eigenvalue weighted by Gasteiger charge is -2.27. The van der Waals surface area contributed by atoms with Crippen molar-refractivity contribution in [3.63, 3.8) is 0 Å². The lowest BCUT2D eigenvalue weighted by molar-refractivity contribution is 0.218. The summed E-state index contributed by atoms with van der Waals surface area (Å²) in [6.45, 7) is 4.01. The predicted octanol–water partition coefficient (Wildman–Crippen LogP) is 2.31. The van der Waals surface area contributed by atoms with Crippen molar-refractivity contribution in [3.8, 4) is 0 Å². The number of hydrogen-bond donors (Lipinski definition) is 2. The third kappa shape index (κ3) is 2.86. The first kappa shape index (κ1) is 11.3. The van der Waals surface area contributed by atoms with Crippen molar-refractivity contribution in [2.24, 2.45) is 0 Å². The van der Waals surface area contributed by atoms with Crippen LogP contribution in [0.25, 0.3) is 0 Å². The van der Waals surface area contributed by atoms with E-state index in [0.717, 1.165) is 6.42 Å². The summed E-state index contributed by atoms with van der Waals surface area (Å²) in [6.07, 6.45) is 0.817. The molecule has 4 heteroatoms. The second-order valence-electron chi connectivity index (χ2n) is 3.54. The Morgan fingerprint density at radius 1 is 1.57 bits per heavy atom. The second kappa shape index (κ2) is 4.62. The molecule has 1 heterocycles. The molecule has 78 valence electrons. The lowest BCUT2D eigenvalue weighted by Crippen LogP contribution is -2.38. The lowest BCUT2D eigenvalue weighted by atomic mass is 10.0. The Labute approximate surface area is 89.1 Å². The van der Waals surface area contributed by atoms with Gasteiger partial charge in [-0.05, 0) is 25.5 Å². The summed E-state index contributed by atoms with van der Waals surface area (Å²) in [4.78, 5) is 4.10. The van der Waals surface area contributed by atoms with Gasteiger partial charge < -0.3 is 10.4 Å². The van der Waals surface area contributed by atoms with Gasteiger partial charge in [0.1, 0.15) is 11.0 Å². The number of halogens is 1. The first-order valence-electron chi connectivity index (χ1n) is 4.61. The normalized spacial score (nSPS) is 14.9. The molecule has 1 atom stereocenters. The highest BCUT2D eigenvalue weighted by molar-refractivity contribution is 6.29. The molecule has 1 aromatic rings. The molecule has 3 nitrogen and oxygen atoms in total. The molecule has 0 aliphatic heterocycles. The molecule has 0 spiro atoms. The minimum Gasteiger partial charge on any atom is -0.394 e. The summed E-state index contributed by atoms with van der Waals surface area (Å²) in [5.74, 6) is 0.691. The maximum Gasteiger partial charge on any atom is 0.131 e. The molecule has 1 unspecified atom stereocenters. The van der Waals surface area contributed by atoms with Crippen LogP contribution in [0.3, 0.4) is 0 Å². The molecule has 2 N–H and O–H groups in total. The topological polar surface area (TPSA) is 45.1 Å². The average molecular weight is 215 g/mol.